The van der Waals surface area contributed by atoms with E-state index in [1.807, 2.05) is 5.38 Å². The van der Waals surface area contributed by atoms with Crippen molar-refractivity contribution >= 4 is 56.4 Å². The molecule has 4 rings (SSSR count). The lowest BCUT2D eigenvalue weighted by molar-refractivity contribution is -0.117. The van der Waals surface area contributed by atoms with Crippen LogP contribution in [0.1, 0.15) is 39.7 Å². The molecule has 27 heavy (non-hydrogen) atoms. The summed E-state index contributed by atoms with van der Waals surface area (Å²) in [5.41, 5.74) is 1.26. The maximum Gasteiger partial charge on any atom is 0.257 e. The Bertz CT molecular complexity index is 970. The standard InChI is InChI=1S/C18H15ClN4O2S2/c19-11-6-4-10(5-7-11)15(24)22-18-21-14-12(2-1-3-13(14)27-18)16(25)23-17-20-8-9-26-17/h4-9,12H,1-3H2,(H,20,23,25)(H,21,22,24). The summed E-state index contributed by atoms with van der Waals surface area (Å²) in [7, 11) is 0. The number of anilines is 2. The maximum absolute atomic E-state index is 12.6. The van der Waals surface area contributed by atoms with Crippen LogP contribution in [0.5, 0.6) is 0 Å². The normalized spacial score (nSPS) is 15.8. The average molecular weight is 419 g/mol. The Balaban J connectivity index is 1.51. The molecule has 2 heterocycles. The van der Waals surface area contributed by atoms with Crippen LogP contribution in [-0.4, -0.2) is 21.8 Å². The highest BCUT2D eigenvalue weighted by Crippen LogP contribution is 2.37. The Kier molecular flexibility index (Phi) is 5.20. The molecule has 0 fully saturated rings. The number of aromatic nitrogens is 2. The number of nitrogens with zero attached hydrogens (tertiary/aromatic N) is 2. The second-order valence-corrected chi connectivity index (χ2v) is 8.47. The van der Waals surface area contributed by atoms with E-state index in [0.717, 1.165) is 29.8 Å². The zero-order valence-corrected chi connectivity index (χ0v) is 16.5. The Morgan fingerprint density at radius 3 is 2.70 bits per heavy atom. The largest absolute Gasteiger partial charge is 0.301 e. The van der Waals surface area contributed by atoms with E-state index in [1.54, 1.807) is 30.5 Å². The molecule has 1 aliphatic rings. The summed E-state index contributed by atoms with van der Waals surface area (Å²) in [6, 6.07) is 6.66. The van der Waals surface area contributed by atoms with Crippen molar-refractivity contribution in [1.29, 1.82) is 0 Å². The smallest absolute Gasteiger partial charge is 0.257 e. The first kappa shape index (κ1) is 18.1. The van der Waals surface area contributed by atoms with Crippen molar-refractivity contribution in [2.45, 2.75) is 25.2 Å². The number of fused-ring (bicyclic) bond motifs is 1. The number of carbonyl (C=O) groups is 2. The number of halogens is 1. The maximum atomic E-state index is 12.6. The molecule has 1 unspecified atom stereocenters. The summed E-state index contributed by atoms with van der Waals surface area (Å²) in [6.45, 7) is 0. The summed E-state index contributed by atoms with van der Waals surface area (Å²) in [4.78, 5) is 34.7. The minimum atomic E-state index is -0.324. The number of thiazole rings is 2. The van der Waals surface area contributed by atoms with Crippen LogP contribution >= 0.6 is 34.3 Å². The number of rotatable bonds is 4. The molecule has 2 aromatic heterocycles. The van der Waals surface area contributed by atoms with E-state index < -0.39 is 0 Å². The van der Waals surface area contributed by atoms with Crippen LogP contribution in [0, 0.1) is 0 Å². The van der Waals surface area contributed by atoms with Crippen molar-refractivity contribution < 1.29 is 9.59 Å². The number of benzene rings is 1. The molecule has 0 spiro atoms. The third-order valence-electron chi connectivity index (χ3n) is 4.26. The summed E-state index contributed by atoms with van der Waals surface area (Å²) < 4.78 is 0. The molecular weight excluding hydrogens is 404 g/mol. The minimum Gasteiger partial charge on any atom is -0.301 e. The first-order valence-electron chi connectivity index (χ1n) is 8.37. The highest BCUT2D eigenvalue weighted by atomic mass is 35.5. The van der Waals surface area contributed by atoms with Gasteiger partial charge in [0.2, 0.25) is 5.91 Å². The van der Waals surface area contributed by atoms with Crippen LogP contribution in [-0.2, 0) is 11.2 Å². The lowest BCUT2D eigenvalue weighted by atomic mass is 9.90. The number of amides is 2. The van der Waals surface area contributed by atoms with E-state index in [0.29, 0.717) is 20.8 Å². The molecule has 1 aliphatic carbocycles. The first-order valence-corrected chi connectivity index (χ1v) is 10.4. The Morgan fingerprint density at radius 2 is 1.96 bits per heavy atom. The third-order valence-corrected chi connectivity index (χ3v) is 6.25. The van der Waals surface area contributed by atoms with E-state index >= 15 is 0 Å². The molecule has 0 radical (unpaired) electrons. The highest BCUT2D eigenvalue weighted by Gasteiger charge is 2.31. The van der Waals surface area contributed by atoms with E-state index in [9.17, 15) is 9.59 Å². The predicted molar refractivity (Wildman–Crippen MR) is 108 cm³/mol. The molecular formula is C18H15ClN4O2S2. The Labute approximate surface area is 168 Å². The average Bonchev–Trinajstić information content (AvgIpc) is 3.30. The molecule has 0 saturated heterocycles. The molecule has 0 bridgehead atoms. The molecule has 0 aliphatic heterocycles. The summed E-state index contributed by atoms with van der Waals surface area (Å²) >= 11 is 8.67. The van der Waals surface area contributed by atoms with Crippen LogP contribution in [0.25, 0.3) is 0 Å². The number of aryl methyl sites for hydroxylation is 1. The van der Waals surface area contributed by atoms with Gasteiger partial charge in [-0.05, 0) is 43.5 Å². The van der Waals surface area contributed by atoms with E-state index in [4.69, 9.17) is 11.6 Å². The lowest BCUT2D eigenvalue weighted by Crippen LogP contribution is -2.24. The monoisotopic (exact) mass is 418 g/mol. The van der Waals surface area contributed by atoms with Crippen molar-refractivity contribution in [2.75, 3.05) is 10.6 Å². The number of hydrogen-bond donors (Lipinski definition) is 2. The molecule has 1 atom stereocenters. The van der Waals surface area contributed by atoms with Crippen LogP contribution in [0.3, 0.4) is 0 Å². The Hall–Kier alpha value is -2.29. The molecule has 138 valence electrons. The van der Waals surface area contributed by atoms with Gasteiger partial charge < -0.3 is 5.32 Å². The SMILES string of the molecule is O=C(Nc1nc2c(s1)CCCC2C(=O)Nc1nccs1)c1ccc(Cl)cc1. The third kappa shape index (κ3) is 4.02. The van der Waals surface area contributed by atoms with Gasteiger partial charge in [-0.1, -0.05) is 11.6 Å². The second-order valence-electron chi connectivity index (χ2n) is 6.06. The van der Waals surface area contributed by atoms with Crippen LogP contribution in [0.4, 0.5) is 10.3 Å². The number of hydrogen-bond acceptors (Lipinski definition) is 6. The van der Waals surface area contributed by atoms with Gasteiger partial charge in [-0.2, -0.15) is 0 Å². The predicted octanol–water partition coefficient (Wildman–Crippen LogP) is 4.56. The van der Waals surface area contributed by atoms with Gasteiger partial charge in [-0.15, -0.1) is 22.7 Å². The Morgan fingerprint density at radius 1 is 1.15 bits per heavy atom. The van der Waals surface area contributed by atoms with Gasteiger partial charge in [0.1, 0.15) is 0 Å². The van der Waals surface area contributed by atoms with Crippen LogP contribution < -0.4 is 10.6 Å². The van der Waals surface area contributed by atoms with Gasteiger partial charge in [0.05, 0.1) is 11.6 Å². The van der Waals surface area contributed by atoms with Gasteiger partial charge in [0.25, 0.3) is 5.91 Å². The highest BCUT2D eigenvalue weighted by molar-refractivity contribution is 7.16. The summed E-state index contributed by atoms with van der Waals surface area (Å²) in [5, 5.41) is 9.15. The van der Waals surface area contributed by atoms with Gasteiger partial charge in [-0.25, -0.2) is 9.97 Å². The molecule has 0 saturated carbocycles. The fraction of sp³-hybridized carbons (Fsp3) is 0.222. The molecule has 2 amide bonds. The van der Waals surface area contributed by atoms with Crippen molar-refractivity contribution in [2.24, 2.45) is 0 Å². The van der Waals surface area contributed by atoms with E-state index in [-0.39, 0.29) is 17.7 Å². The molecule has 2 N–H and O–H groups in total. The van der Waals surface area contributed by atoms with Crippen molar-refractivity contribution in [3.05, 3.63) is 57.0 Å². The van der Waals surface area contributed by atoms with Crippen LogP contribution in [0.2, 0.25) is 5.02 Å². The van der Waals surface area contributed by atoms with Crippen molar-refractivity contribution in [3.63, 3.8) is 0 Å². The van der Waals surface area contributed by atoms with Gasteiger partial charge in [-0.3, -0.25) is 14.9 Å². The molecule has 9 heteroatoms. The first-order chi connectivity index (χ1) is 13.1. The zero-order valence-electron chi connectivity index (χ0n) is 14.1. The van der Waals surface area contributed by atoms with Crippen molar-refractivity contribution in [1.82, 2.24) is 9.97 Å². The topological polar surface area (TPSA) is 84.0 Å². The lowest BCUT2D eigenvalue weighted by Gasteiger charge is -2.19. The number of nitrogens with one attached hydrogen (secondary N) is 2. The molecule has 3 aromatic rings. The summed E-state index contributed by atoms with van der Waals surface area (Å²) in [6.07, 6.45) is 4.17. The summed E-state index contributed by atoms with van der Waals surface area (Å²) in [5.74, 6) is -0.677. The quantitative estimate of drug-likeness (QED) is 0.650. The van der Waals surface area contributed by atoms with Crippen molar-refractivity contribution in [3.8, 4) is 0 Å². The van der Waals surface area contributed by atoms with Gasteiger partial charge in [0, 0.05) is 27.0 Å². The zero-order chi connectivity index (χ0) is 18.8. The molecule has 6 nitrogen and oxygen atoms in total. The second kappa shape index (κ2) is 7.75. The number of carbonyl (C=O) groups excluding carboxylic acids is 2. The minimum absolute atomic E-state index is 0.105. The van der Waals surface area contributed by atoms with Gasteiger partial charge >= 0.3 is 0 Å². The van der Waals surface area contributed by atoms with E-state index in [2.05, 4.69) is 20.6 Å². The fourth-order valence-electron chi connectivity index (χ4n) is 2.98. The van der Waals surface area contributed by atoms with Gasteiger partial charge in [0.15, 0.2) is 10.3 Å². The van der Waals surface area contributed by atoms with E-state index in [1.165, 1.54) is 22.7 Å². The molecule has 1 aromatic carbocycles. The van der Waals surface area contributed by atoms with Crippen LogP contribution in [0.15, 0.2) is 35.8 Å². The fourth-order valence-corrected chi connectivity index (χ4v) is 4.69.